The minimum Gasteiger partial charge on any atom is -0.376 e. The first-order valence-corrected chi connectivity index (χ1v) is 11.8. The average molecular weight is 483 g/mol. The molecule has 3 nitrogen and oxygen atoms in total. The van der Waals surface area contributed by atoms with Crippen LogP contribution in [0.4, 0.5) is 13.2 Å². The van der Waals surface area contributed by atoms with Gasteiger partial charge in [-0.3, -0.25) is 0 Å². The molecule has 0 saturated carbocycles. The minimum atomic E-state index is -5.76. The van der Waals surface area contributed by atoms with Crippen molar-refractivity contribution in [1.29, 1.82) is 0 Å². The first-order valence-electron chi connectivity index (χ1n) is 10.4. The summed E-state index contributed by atoms with van der Waals surface area (Å²) in [6, 6.07) is 33.2. The largest absolute Gasteiger partial charge is 0.534 e. The zero-order valence-electron chi connectivity index (χ0n) is 18.2. The second-order valence-electron chi connectivity index (χ2n) is 7.86. The summed E-state index contributed by atoms with van der Waals surface area (Å²) in [7, 11) is -5.76. The molecule has 4 aromatic rings. The fourth-order valence-corrected chi connectivity index (χ4v) is 4.57. The van der Waals surface area contributed by atoms with Crippen LogP contribution in [0.3, 0.4) is 0 Å². The molecule has 4 aromatic carbocycles. The lowest BCUT2D eigenvalue weighted by Gasteiger charge is -2.37. The second-order valence-corrected chi connectivity index (χ2v) is 9.39. The number of alkyl halides is 3. The average Bonchev–Trinajstić information content (AvgIpc) is 2.82. The molecule has 0 N–H and O–H groups in total. The maximum atomic E-state index is 12.8. The van der Waals surface area contributed by atoms with Crippen molar-refractivity contribution in [1.82, 2.24) is 0 Å². The van der Waals surface area contributed by atoms with Gasteiger partial charge in [-0.15, -0.1) is 0 Å². The fraction of sp³-hybridized carbons (Fsp3) is 0.111. The van der Waals surface area contributed by atoms with E-state index in [1.54, 1.807) is 12.1 Å². The van der Waals surface area contributed by atoms with Crippen molar-refractivity contribution in [3.63, 3.8) is 0 Å². The molecule has 0 heterocycles. The van der Waals surface area contributed by atoms with E-state index >= 15 is 0 Å². The van der Waals surface area contributed by atoms with E-state index in [0.29, 0.717) is 0 Å². The summed E-state index contributed by atoms with van der Waals surface area (Å²) < 4.78 is 65.5. The maximum absolute atomic E-state index is 12.8. The Hall–Kier alpha value is -3.58. The highest BCUT2D eigenvalue weighted by Crippen LogP contribution is 2.45. The summed E-state index contributed by atoms with van der Waals surface area (Å²) in [5.74, 6) is -0.417. The molecule has 7 heteroatoms. The highest BCUT2D eigenvalue weighted by atomic mass is 32.2. The van der Waals surface area contributed by atoms with Crippen molar-refractivity contribution in [3.05, 3.63) is 137 Å². The molecule has 0 saturated heterocycles. The highest BCUT2D eigenvalue weighted by molar-refractivity contribution is 7.88. The minimum absolute atomic E-state index is 0.417. The molecule has 0 aliphatic carbocycles. The molecule has 0 unspecified atom stereocenters. The number of hydrogen-bond acceptors (Lipinski definition) is 3. The summed E-state index contributed by atoms with van der Waals surface area (Å²) in [5, 5.41) is 0. The van der Waals surface area contributed by atoms with Crippen molar-refractivity contribution in [2.45, 2.75) is 17.8 Å². The monoisotopic (exact) mass is 482 g/mol. The first-order chi connectivity index (χ1) is 16.1. The lowest BCUT2D eigenvalue weighted by atomic mass is 9.65. The van der Waals surface area contributed by atoms with Crippen molar-refractivity contribution >= 4 is 10.1 Å². The van der Waals surface area contributed by atoms with Crippen LogP contribution < -0.4 is 4.18 Å². The van der Waals surface area contributed by atoms with E-state index in [0.717, 1.165) is 27.8 Å². The van der Waals surface area contributed by atoms with Crippen LogP contribution in [-0.2, 0) is 15.5 Å². The van der Waals surface area contributed by atoms with Crippen LogP contribution in [0.1, 0.15) is 27.8 Å². The van der Waals surface area contributed by atoms with Gasteiger partial charge in [0.2, 0.25) is 0 Å². The van der Waals surface area contributed by atoms with Crippen LogP contribution in [0.25, 0.3) is 0 Å². The second kappa shape index (κ2) is 8.99. The third kappa shape index (κ3) is 4.31. The molecular formula is C27H21F3O3S. The van der Waals surface area contributed by atoms with Gasteiger partial charge in [0.15, 0.2) is 0 Å². The van der Waals surface area contributed by atoms with E-state index in [1.807, 2.05) is 91.9 Å². The molecular weight excluding hydrogens is 461 g/mol. The molecule has 0 aliphatic rings. The molecule has 4 rings (SSSR count). The van der Waals surface area contributed by atoms with E-state index in [1.165, 1.54) is 12.1 Å². The summed E-state index contributed by atoms with van der Waals surface area (Å²) >= 11 is 0. The third-order valence-corrected chi connectivity index (χ3v) is 6.65. The highest BCUT2D eigenvalue weighted by Gasteiger charge is 2.48. The number of hydrogen-bond donors (Lipinski definition) is 0. The quantitative estimate of drug-likeness (QED) is 0.177. The normalized spacial score (nSPS) is 12.4. The summed E-state index contributed by atoms with van der Waals surface area (Å²) in [5.41, 5.74) is -1.65. The van der Waals surface area contributed by atoms with Crippen LogP contribution in [0.5, 0.6) is 5.75 Å². The first kappa shape index (κ1) is 23.6. The number of halogens is 3. The summed E-state index contributed by atoms with van der Waals surface area (Å²) in [4.78, 5) is 0. The Labute approximate surface area is 196 Å². The Balaban J connectivity index is 1.94. The predicted octanol–water partition coefficient (Wildman–Crippen LogP) is 6.61. The molecule has 0 bridgehead atoms. The maximum Gasteiger partial charge on any atom is 0.534 e. The van der Waals surface area contributed by atoms with Crippen molar-refractivity contribution in [2.75, 3.05) is 0 Å². The Kier molecular flexibility index (Phi) is 6.23. The Bertz CT molecular complexity index is 1310. The molecule has 174 valence electrons. The van der Waals surface area contributed by atoms with Gasteiger partial charge < -0.3 is 4.18 Å². The molecule has 0 amide bonds. The van der Waals surface area contributed by atoms with Gasteiger partial charge in [-0.1, -0.05) is 103 Å². The van der Waals surface area contributed by atoms with E-state index in [-0.39, 0.29) is 0 Å². The van der Waals surface area contributed by atoms with Gasteiger partial charge in [0, 0.05) is 0 Å². The SMILES string of the molecule is Cc1ccc(C(c2ccccc2)(c2ccccc2)c2ccc(OS(=O)(=O)C(F)(F)F)cc2)cc1. The van der Waals surface area contributed by atoms with Crippen LogP contribution >= 0.6 is 0 Å². The molecule has 0 atom stereocenters. The van der Waals surface area contributed by atoms with Crippen molar-refractivity contribution in [3.8, 4) is 5.75 Å². The Morgan fingerprint density at radius 2 is 0.971 bits per heavy atom. The van der Waals surface area contributed by atoms with Crippen LogP contribution in [0.15, 0.2) is 109 Å². The Morgan fingerprint density at radius 3 is 1.38 bits per heavy atom. The number of benzene rings is 4. The van der Waals surface area contributed by atoms with Gasteiger partial charge in [0.1, 0.15) is 5.75 Å². The van der Waals surface area contributed by atoms with E-state index < -0.39 is 26.8 Å². The van der Waals surface area contributed by atoms with E-state index in [9.17, 15) is 21.6 Å². The third-order valence-electron chi connectivity index (χ3n) is 5.67. The molecule has 0 spiro atoms. The van der Waals surface area contributed by atoms with Crippen LogP contribution in [-0.4, -0.2) is 13.9 Å². The van der Waals surface area contributed by atoms with E-state index in [4.69, 9.17) is 0 Å². The van der Waals surface area contributed by atoms with Crippen LogP contribution in [0, 0.1) is 6.92 Å². The van der Waals surface area contributed by atoms with Crippen molar-refractivity contribution in [2.24, 2.45) is 0 Å². The molecule has 0 fully saturated rings. The van der Waals surface area contributed by atoms with Crippen molar-refractivity contribution < 1.29 is 25.8 Å². The zero-order valence-corrected chi connectivity index (χ0v) is 19.0. The molecule has 34 heavy (non-hydrogen) atoms. The lowest BCUT2D eigenvalue weighted by Crippen LogP contribution is -2.31. The van der Waals surface area contributed by atoms with Gasteiger partial charge in [0.25, 0.3) is 0 Å². The molecule has 0 aromatic heterocycles. The standard InChI is InChI=1S/C27H21F3O3S/c1-20-12-14-23(15-13-20)26(21-8-4-2-5-9-21,22-10-6-3-7-11-22)24-16-18-25(19-17-24)33-34(31,32)27(28,29)30/h2-19H,1H3. The van der Waals surface area contributed by atoms with Gasteiger partial charge >= 0.3 is 15.6 Å². The lowest BCUT2D eigenvalue weighted by molar-refractivity contribution is -0.0500. The topological polar surface area (TPSA) is 43.4 Å². The van der Waals surface area contributed by atoms with Gasteiger partial charge in [-0.05, 0) is 41.3 Å². The molecule has 0 radical (unpaired) electrons. The van der Waals surface area contributed by atoms with Gasteiger partial charge in [0.05, 0.1) is 5.41 Å². The summed E-state index contributed by atoms with van der Waals surface area (Å²) in [6.45, 7) is 1.99. The fourth-order valence-electron chi connectivity index (χ4n) is 4.11. The van der Waals surface area contributed by atoms with Crippen LogP contribution in [0.2, 0.25) is 0 Å². The summed E-state index contributed by atoms with van der Waals surface area (Å²) in [6.07, 6.45) is 0. The molecule has 0 aliphatic heterocycles. The smallest absolute Gasteiger partial charge is 0.376 e. The van der Waals surface area contributed by atoms with Gasteiger partial charge in [-0.2, -0.15) is 21.6 Å². The van der Waals surface area contributed by atoms with Gasteiger partial charge in [-0.25, -0.2) is 0 Å². The zero-order chi connectivity index (χ0) is 24.4. The number of aryl methyl sites for hydroxylation is 1. The predicted molar refractivity (Wildman–Crippen MR) is 125 cm³/mol. The Morgan fingerprint density at radius 1 is 0.588 bits per heavy atom. The number of rotatable bonds is 6. The van der Waals surface area contributed by atoms with E-state index in [2.05, 4.69) is 4.18 Å².